The highest BCUT2D eigenvalue weighted by Gasteiger charge is 2.24. The molecule has 3 aromatic rings. The maximum Gasteiger partial charge on any atom is 0.375 e. The molecule has 2 heterocycles. The first-order chi connectivity index (χ1) is 12.0. The smallest absolute Gasteiger partial charge is 0.375 e. The molecule has 0 saturated carbocycles. The molecule has 4 rings (SSSR count). The number of hydrogen-bond donors (Lipinski definition) is 1. The van der Waals surface area contributed by atoms with Crippen LogP contribution in [-0.4, -0.2) is 31.6 Å². The Bertz CT molecular complexity index is 1040. The van der Waals surface area contributed by atoms with Gasteiger partial charge in [-0.15, -0.1) is 5.10 Å². The minimum absolute atomic E-state index is 0.174. The molecule has 2 aromatic carbocycles. The summed E-state index contributed by atoms with van der Waals surface area (Å²) in [6.07, 6.45) is 0. The Morgan fingerprint density at radius 1 is 1.12 bits per heavy atom. The van der Waals surface area contributed by atoms with Crippen LogP contribution in [0.5, 0.6) is 0 Å². The van der Waals surface area contributed by atoms with E-state index in [2.05, 4.69) is 15.1 Å². The van der Waals surface area contributed by atoms with Crippen molar-refractivity contribution >= 4 is 34.9 Å². The molecule has 0 spiro atoms. The molecular formula is C17H10Cl2N4O2. The van der Waals surface area contributed by atoms with Crippen LogP contribution in [0.4, 0.5) is 0 Å². The highest BCUT2D eigenvalue weighted by molar-refractivity contribution is 6.36. The molecule has 124 valence electrons. The topological polar surface area (TPSA) is 80.4 Å². The van der Waals surface area contributed by atoms with E-state index in [-0.39, 0.29) is 12.4 Å². The minimum Gasteiger partial charge on any atom is -0.475 e. The number of carboxylic acids is 1. The first-order valence-electron chi connectivity index (χ1n) is 7.33. The van der Waals surface area contributed by atoms with Crippen LogP contribution in [0.15, 0.2) is 47.5 Å². The van der Waals surface area contributed by atoms with Crippen LogP contribution in [0.25, 0.3) is 5.69 Å². The van der Waals surface area contributed by atoms with Crippen molar-refractivity contribution in [3.8, 4) is 5.69 Å². The molecule has 0 bridgehead atoms. The summed E-state index contributed by atoms with van der Waals surface area (Å²) < 4.78 is 1.49. The van der Waals surface area contributed by atoms with E-state index < -0.39 is 5.97 Å². The SMILES string of the molecule is O=C(O)c1nc2n(n1)-c1ccc(Cl)cc1C(c1ccccc1Cl)=NC2. The van der Waals surface area contributed by atoms with Crippen LogP contribution < -0.4 is 0 Å². The van der Waals surface area contributed by atoms with Crippen LogP contribution in [0.2, 0.25) is 10.0 Å². The van der Waals surface area contributed by atoms with Crippen molar-refractivity contribution in [1.29, 1.82) is 0 Å². The number of aromatic carboxylic acids is 1. The minimum atomic E-state index is -1.19. The molecule has 0 amide bonds. The van der Waals surface area contributed by atoms with Gasteiger partial charge in [-0.2, -0.15) is 0 Å². The van der Waals surface area contributed by atoms with Crippen LogP contribution in [0.1, 0.15) is 27.6 Å². The van der Waals surface area contributed by atoms with Crippen molar-refractivity contribution in [2.45, 2.75) is 6.54 Å². The first kappa shape index (κ1) is 15.8. The largest absolute Gasteiger partial charge is 0.475 e. The van der Waals surface area contributed by atoms with Crippen molar-refractivity contribution in [2.75, 3.05) is 0 Å². The molecule has 8 heteroatoms. The summed E-state index contributed by atoms with van der Waals surface area (Å²) in [5.41, 5.74) is 2.78. The van der Waals surface area contributed by atoms with Crippen molar-refractivity contribution < 1.29 is 9.90 Å². The molecule has 6 nitrogen and oxygen atoms in total. The van der Waals surface area contributed by atoms with Crippen molar-refractivity contribution in [1.82, 2.24) is 14.8 Å². The van der Waals surface area contributed by atoms with Gasteiger partial charge in [0.1, 0.15) is 0 Å². The number of carbonyl (C=O) groups is 1. The van der Waals surface area contributed by atoms with Crippen LogP contribution in [0, 0.1) is 0 Å². The number of aliphatic imine (C=N–C) groups is 1. The van der Waals surface area contributed by atoms with E-state index in [9.17, 15) is 4.79 Å². The third kappa shape index (κ3) is 2.69. The van der Waals surface area contributed by atoms with Crippen molar-refractivity contribution in [3.05, 3.63) is 75.3 Å². The van der Waals surface area contributed by atoms with Gasteiger partial charge in [0.25, 0.3) is 5.82 Å². The average Bonchev–Trinajstić information content (AvgIpc) is 2.95. The highest BCUT2D eigenvalue weighted by Crippen LogP contribution is 2.29. The zero-order valence-corrected chi connectivity index (χ0v) is 14.2. The molecule has 0 saturated heterocycles. The lowest BCUT2D eigenvalue weighted by Crippen LogP contribution is -2.09. The molecule has 0 unspecified atom stereocenters. The number of carboxylic acid groups (broad SMARTS) is 1. The third-order valence-electron chi connectivity index (χ3n) is 3.81. The second kappa shape index (κ2) is 5.98. The number of halogens is 2. The van der Waals surface area contributed by atoms with Gasteiger partial charge in [-0.1, -0.05) is 41.4 Å². The van der Waals surface area contributed by atoms with Gasteiger partial charge < -0.3 is 5.11 Å². The Balaban J connectivity index is 1.98. The van der Waals surface area contributed by atoms with Gasteiger partial charge in [-0.3, -0.25) is 4.99 Å². The molecular weight excluding hydrogens is 363 g/mol. The summed E-state index contributed by atoms with van der Waals surface area (Å²) in [6.45, 7) is 0.174. The van der Waals surface area contributed by atoms with Gasteiger partial charge in [0.2, 0.25) is 0 Å². The Hall–Kier alpha value is -2.70. The lowest BCUT2D eigenvalue weighted by atomic mass is 10.0. The first-order valence-corrected chi connectivity index (χ1v) is 8.09. The van der Waals surface area contributed by atoms with Crippen LogP contribution in [0.3, 0.4) is 0 Å². The summed E-state index contributed by atoms with van der Waals surface area (Å²) in [7, 11) is 0. The van der Waals surface area contributed by atoms with Gasteiger partial charge in [0, 0.05) is 21.2 Å². The van der Waals surface area contributed by atoms with Gasteiger partial charge in [0.05, 0.1) is 17.9 Å². The van der Waals surface area contributed by atoms with Gasteiger partial charge in [-0.05, 0) is 24.3 Å². The number of nitrogens with zero attached hydrogens (tertiary/aromatic N) is 4. The average molecular weight is 373 g/mol. The Morgan fingerprint density at radius 2 is 1.92 bits per heavy atom. The Labute approximate surface area is 152 Å². The van der Waals surface area contributed by atoms with Gasteiger partial charge in [0.15, 0.2) is 5.82 Å². The van der Waals surface area contributed by atoms with Crippen LogP contribution in [-0.2, 0) is 6.54 Å². The monoisotopic (exact) mass is 372 g/mol. The molecule has 1 N–H and O–H groups in total. The van der Waals surface area contributed by atoms with E-state index in [1.807, 2.05) is 18.2 Å². The fourth-order valence-corrected chi connectivity index (χ4v) is 3.13. The van der Waals surface area contributed by atoms with Gasteiger partial charge >= 0.3 is 5.97 Å². The molecule has 1 aliphatic rings. The van der Waals surface area contributed by atoms with E-state index in [1.54, 1.807) is 24.3 Å². The number of aromatic nitrogens is 3. The lowest BCUT2D eigenvalue weighted by Gasteiger charge is -2.12. The van der Waals surface area contributed by atoms with E-state index in [1.165, 1.54) is 4.68 Å². The maximum absolute atomic E-state index is 11.2. The molecule has 1 aromatic heterocycles. The van der Waals surface area contributed by atoms with E-state index in [0.717, 1.165) is 5.56 Å². The molecule has 25 heavy (non-hydrogen) atoms. The molecule has 0 atom stereocenters. The summed E-state index contributed by atoms with van der Waals surface area (Å²) in [5.74, 6) is -1.03. The normalized spacial score (nSPS) is 12.8. The standard InChI is InChI=1S/C17H10Cl2N4O2/c18-9-5-6-13-11(7-9)15(10-3-1-2-4-12(10)19)20-8-14-21-16(17(24)25)22-23(13)14/h1-7H,8H2,(H,24,25). The lowest BCUT2D eigenvalue weighted by molar-refractivity contribution is 0.0683. The number of fused-ring (bicyclic) bond motifs is 3. The summed E-state index contributed by atoms with van der Waals surface area (Å²) in [4.78, 5) is 19.9. The fourth-order valence-electron chi connectivity index (χ4n) is 2.73. The quantitative estimate of drug-likeness (QED) is 0.744. The Morgan fingerprint density at radius 3 is 2.68 bits per heavy atom. The van der Waals surface area contributed by atoms with E-state index in [0.29, 0.717) is 32.8 Å². The van der Waals surface area contributed by atoms with E-state index >= 15 is 0 Å². The molecule has 0 aliphatic carbocycles. The fraction of sp³-hybridized carbons (Fsp3) is 0.0588. The zero-order valence-electron chi connectivity index (χ0n) is 12.6. The number of rotatable bonds is 2. The predicted octanol–water partition coefficient (Wildman–Crippen LogP) is 3.62. The van der Waals surface area contributed by atoms with Crippen molar-refractivity contribution in [2.24, 2.45) is 4.99 Å². The number of hydrogen-bond acceptors (Lipinski definition) is 4. The van der Waals surface area contributed by atoms with Crippen molar-refractivity contribution in [3.63, 3.8) is 0 Å². The zero-order chi connectivity index (χ0) is 17.6. The van der Waals surface area contributed by atoms with Crippen LogP contribution >= 0.6 is 23.2 Å². The molecule has 0 fully saturated rings. The van der Waals surface area contributed by atoms with Gasteiger partial charge in [-0.25, -0.2) is 14.5 Å². The Kier molecular flexibility index (Phi) is 3.78. The summed E-state index contributed by atoms with van der Waals surface area (Å²) >= 11 is 12.5. The number of benzene rings is 2. The second-order valence-electron chi connectivity index (χ2n) is 5.37. The second-order valence-corrected chi connectivity index (χ2v) is 6.22. The third-order valence-corrected chi connectivity index (χ3v) is 4.38. The summed E-state index contributed by atoms with van der Waals surface area (Å²) in [5, 5.41) is 14.3. The van der Waals surface area contributed by atoms with E-state index in [4.69, 9.17) is 28.3 Å². The molecule has 0 radical (unpaired) electrons. The predicted molar refractivity (Wildman–Crippen MR) is 94.1 cm³/mol. The highest BCUT2D eigenvalue weighted by atomic mass is 35.5. The summed E-state index contributed by atoms with van der Waals surface area (Å²) in [6, 6.07) is 12.6. The maximum atomic E-state index is 11.2. The molecule has 1 aliphatic heterocycles.